The van der Waals surface area contributed by atoms with E-state index in [-0.39, 0.29) is 0 Å². The zero-order chi connectivity index (χ0) is 18.6. The minimum absolute atomic E-state index is 0.407. The first-order valence-corrected chi connectivity index (χ1v) is 9.02. The Morgan fingerprint density at radius 3 is 2.12 bits per heavy atom. The number of hydrogen-bond acceptors (Lipinski definition) is 0. The summed E-state index contributed by atoms with van der Waals surface area (Å²) in [6.45, 7) is 3.82. The molecule has 0 aromatic heterocycles. The summed E-state index contributed by atoms with van der Waals surface area (Å²) in [7, 11) is 0. The van der Waals surface area contributed by atoms with Gasteiger partial charge in [0, 0.05) is 0 Å². The monoisotopic (exact) mass is 388 g/mol. The summed E-state index contributed by atoms with van der Waals surface area (Å²) in [5.41, 5.74) is 1.95. The molecular formula is C20H21Cl2F3. The van der Waals surface area contributed by atoms with Gasteiger partial charge in [-0.05, 0) is 73.9 Å². The first-order valence-electron chi connectivity index (χ1n) is 8.27. The van der Waals surface area contributed by atoms with Gasteiger partial charge in [-0.1, -0.05) is 47.8 Å². The Kier molecular flexibility index (Phi) is 6.81. The molecule has 0 nitrogen and oxygen atoms in total. The van der Waals surface area contributed by atoms with Crippen molar-refractivity contribution in [2.45, 2.75) is 45.7 Å². The van der Waals surface area contributed by atoms with Crippen molar-refractivity contribution in [3.05, 3.63) is 68.7 Å². The van der Waals surface area contributed by atoms with Crippen LogP contribution < -0.4 is 0 Å². The van der Waals surface area contributed by atoms with Gasteiger partial charge in [0.25, 0.3) is 0 Å². The minimum atomic E-state index is -4.29. The zero-order valence-electron chi connectivity index (χ0n) is 14.3. The quantitative estimate of drug-likeness (QED) is 0.479. The van der Waals surface area contributed by atoms with Crippen LogP contribution in [0.25, 0.3) is 0 Å². The highest BCUT2D eigenvalue weighted by atomic mass is 35.5. The van der Waals surface area contributed by atoms with Crippen LogP contribution in [0.4, 0.5) is 13.2 Å². The van der Waals surface area contributed by atoms with E-state index in [4.69, 9.17) is 23.2 Å². The number of rotatable bonds is 6. The predicted molar refractivity (Wildman–Crippen MR) is 98.4 cm³/mol. The maximum Gasteiger partial charge on any atom is 0.416 e. The second-order valence-corrected chi connectivity index (χ2v) is 7.45. The van der Waals surface area contributed by atoms with Gasteiger partial charge in [-0.25, -0.2) is 0 Å². The molecule has 0 amide bonds. The lowest BCUT2D eigenvalue weighted by Crippen LogP contribution is -2.07. The summed E-state index contributed by atoms with van der Waals surface area (Å²) in [6.07, 6.45) is -0.967. The summed E-state index contributed by atoms with van der Waals surface area (Å²) >= 11 is 11.9. The molecule has 136 valence electrons. The highest BCUT2D eigenvalue weighted by Crippen LogP contribution is 2.31. The lowest BCUT2D eigenvalue weighted by Gasteiger charge is -2.14. The van der Waals surface area contributed by atoms with E-state index in [2.05, 4.69) is 6.92 Å². The number of halogens is 5. The maximum atomic E-state index is 12.9. The molecule has 0 N–H and O–H groups in total. The Labute approximate surface area is 157 Å². The standard InChI is InChI=1S/C20H21Cl2F3/c1-13(3-5-15-7-8-18(21)19(22)12-15)4-6-16-9-14(2)10-17(11-16)20(23,24)25/h7-13H,3-6H2,1-2H3/t13-/m1/s1. The number of alkyl halides is 3. The van der Waals surface area contributed by atoms with Gasteiger partial charge in [0.2, 0.25) is 0 Å². The second kappa shape index (κ2) is 8.46. The molecule has 0 aliphatic carbocycles. The van der Waals surface area contributed by atoms with Crippen molar-refractivity contribution in [1.82, 2.24) is 0 Å². The van der Waals surface area contributed by atoms with Crippen molar-refractivity contribution in [2.24, 2.45) is 5.92 Å². The van der Waals surface area contributed by atoms with E-state index in [9.17, 15) is 13.2 Å². The molecule has 0 saturated carbocycles. The van der Waals surface area contributed by atoms with E-state index in [1.807, 2.05) is 18.2 Å². The van der Waals surface area contributed by atoms with E-state index in [0.717, 1.165) is 30.4 Å². The Bertz CT molecular complexity index is 723. The van der Waals surface area contributed by atoms with Crippen molar-refractivity contribution in [2.75, 3.05) is 0 Å². The Morgan fingerprint density at radius 1 is 0.880 bits per heavy atom. The molecule has 2 aromatic carbocycles. The van der Waals surface area contributed by atoms with E-state index in [1.54, 1.807) is 13.0 Å². The molecule has 0 aliphatic heterocycles. The molecule has 0 bridgehead atoms. The fourth-order valence-electron chi connectivity index (χ4n) is 2.84. The normalized spacial score (nSPS) is 13.1. The fraction of sp³-hybridized carbons (Fsp3) is 0.400. The summed E-state index contributed by atoms with van der Waals surface area (Å²) in [5.74, 6) is 0.407. The smallest absolute Gasteiger partial charge is 0.166 e. The molecule has 25 heavy (non-hydrogen) atoms. The van der Waals surface area contributed by atoms with Gasteiger partial charge in [0.15, 0.2) is 0 Å². The average molecular weight is 389 g/mol. The van der Waals surface area contributed by atoms with Crippen LogP contribution >= 0.6 is 23.2 Å². The molecule has 0 radical (unpaired) electrons. The Morgan fingerprint density at radius 2 is 1.52 bits per heavy atom. The lowest BCUT2D eigenvalue weighted by atomic mass is 9.93. The fourth-order valence-corrected chi connectivity index (χ4v) is 3.16. The van der Waals surface area contributed by atoms with E-state index >= 15 is 0 Å². The zero-order valence-corrected chi connectivity index (χ0v) is 15.8. The SMILES string of the molecule is Cc1cc(CC[C@H](C)CCc2ccc(Cl)c(Cl)c2)cc(C(F)(F)F)c1. The van der Waals surface area contributed by atoms with Crippen LogP contribution in [0.3, 0.4) is 0 Å². The third kappa shape index (κ3) is 6.23. The Balaban J connectivity index is 1.90. The molecule has 5 heteroatoms. The molecule has 0 unspecified atom stereocenters. The van der Waals surface area contributed by atoms with Gasteiger partial charge in [0.05, 0.1) is 15.6 Å². The maximum absolute atomic E-state index is 12.9. The third-order valence-electron chi connectivity index (χ3n) is 4.30. The Hall–Kier alpha value is -1.19. The van der Waals surface area contributed by atoms with Crippen LogP contribution in [-0.4, -0.2) is 0 Å². The van der Waals surface area contributed by atoms with Crippen molar-refractivity contribution in [3.63, 3.8) is 0 Å². The van der Waals surface area contributed by atoms with Gasteiger partial charge in [0.1, 0.15) is 0 Å². The minimum Gasteiger partial charge on any atom is -0.166 e. The van der Waals surface area contributed by atoms with Gasteiger partial charge < -0.3 is 0 Å². The number of benzene rings is 2. The van der Waals surface area contributed by atoms with Crippen LogP contribution in [0.15, 0.2) is 36.4 Å². The number of hydrogen-bond donors (Lipinski definition) is 0. The van der Waals surface area contributed by atoms with Crippen LogP contribution in [-0.2, 0) is 19.0 Å². The van der Waals surface area contributed by atoms with Crippen molar-refractivity contribution >= 4 is 23.2 Å². The molecule has 0 spiro atoms. The van der Waals surface area contributed by atoms with Gasteiger partial charge in [-0.3, -0.25) is 0 Å². The van der Waals surface area contributed by atoms with Crippen LogP contribution in [0.5, 0.6) is 0 Å². The van der Waals surface area contributed by atoms with Crippen LogP contribution in [0.2, 0.25) is 10.0 Å². The summed E-state index contributed by atoms with van der Waals surface area (Å²) < 4.78 is 38.7. The van der Waals surface area contributed by atoms with Gasteiger partial charge in [-0.2, -0.15) is 13.2 Å². The highest BCUT2D eigenvalue weighted by Gasteiger charge is 2.30. The average Bonchev–Trinajstić information content (AvgIpc) is 2.52. The largest absolute Gasteiger partial charge is 0.416 e. The van der Waals surface area contributed by atoms with E-state index in [0.29, 0.717) is 27.9 Å². The predicted octanol–water partition coefficient (Wildman–Crippen LogP) is 7.52. The summed E-state index contributed by atoms with van der Waals surface area (Å²) in [6, 6.07) is 9.90. The molecule has 1 atom stereocenters. The third-order valence-corrected chi connectivity index (χ3v) is 5.04. The summed E-state index contributed by atoms with van der Waals surface area (Å²) in [5, 5.41) is 1.09. The number of aryl methyl sites for hydroxylation is 3. The van der Waals surface area contributed by atoms with Crippen molar-refractivity contribution < 1.29 is 13.2 Å². The lowest BCUT2D eigenvalue weighted by molar-refractivity contribution is -0.137. The molecule has 0 fully saturated rings. The molecule has 2 aromatic rings. The van der Waals surface area contributed by atoms with E-state index in [1.165, 1.54) is 12.1 Å². The molecule has 2 rings (SSSR count). The topological polar surface area (TPSA) is 0 Å². The van der Waals surface area contributed by atoms with Gasteiger partial charge >= 0.3 is 6.18 Å². The molecular weight excluding hydrogens is 368 g/mol. The summed E-state index contributed by atoms with van der Waals surface area (Å²) in [4.78, 5) is 0. The van der Waals surface area contributed by atoms with Crippen LogP contribution in [0.1, 0.15) is 42.0 Å². The van der Waals surface area contributed by atoms with E-state index < -0.39 is 11.7 Å². The first-order chi connectivity index (χ1) is 11.6. The molecule has 0 saturated heterocycles. The van der Waals surface area contributed by atoms with Crippen LogP contribution in [0, 0.1) is 12.8 Å². The van der Waals surface area contributed by atoms with Crippen molar-refractivity contribution in [1.29, 1.82) is 0 Å². The molecule has 0 aliphatic rings. The second-order valence-electron chi connectivity index (χ2n) is 6.64. The van der Waals surface area contributed by atoms with Crippen molar-refractivity contribution in [3.8, 4) is 0 Å². The first kappa shape index (κ1) is 20.1. The molecule has 0 heterocycles. The highest BCUT2D eigenvalue weighted by molar-refractivity contribution is 6.42. The van der Waals surface area contributed by atoms with Gasteiger partial charge in [-0.15, -0.1) is 0 Å².